The molecule has 0 spiro atoms. The Morgan fingerprint density at radius 3 is 2.32 bits per heavy atom. The Labute approximate surface area is 168 Å². The zero-order valence-corrected chi connectivity index (χ0v) is 17.8. The number of carbonyl (C=O) groups is 1. The summed E-state index contributed by atoms with van der Waals surface area (Å²) in [6, 6.07) is 13.7. The predicted molar refractivity (Wildman–Crippen MR) is 113 cm³/mol. The standard InChI is InChI=1S/C21H29N3O3S/c1-17-10-8-13-20(18(17)2)24(16-21(25)22-14-9-15-23(3)4)28(26,27)19-11-6-5-7-12-19/h5-8,10-13H,9,14-16H2,1-4H3,(H,22,25). The number of sulfonamides is 1. The Morgan fingerprint density at radius 1 is 1.00 bits per heavy atom. The van der Waals surface area contributed by atoms with Gasteiger partial charge in [-0.2, -0.15) is 0 Å². The molecule has 0 aromatic heterocycles. The highest BCUT2D eigenvalue weighted by Gasteiger charge is 2.28. The molecule has 0 saturated heterocycles. The van der Waals surface area contributed by atoms with Gasteiger partial charge in [0.15, 0.2) is 0 Å². The number of benzene rings is 2. The Morgan fingerprint density at radius 2 is 1.68 bits per heavy atom. The second kappa shape index (κ2) is 9.71. The molecule has 152 valence electrons. The maximum absolute atomic E-state index is 13.3. The van der Waals surface area contributed by atoms with E-state index in [1.807, 2.05) is 38.9 Å². The van der Waals surface area contributed by atoms with E-state index in [1.54, 1.807) is 42.5 Å². The maximum Gasteiger partial charge on any atom is 0.264 e. The molecule has 2 rings (SSSR count). The third-order valence-electron chi connectivity index (χ3n) is 4.57. The van der Waals surface area contributed by atoms with Crippen LogP contribution >= 0.6 is 0 Å². The predicted octanol–water partition coefficient (Wildman–Crippen LogP) is 2.57. The molecule has 0 atom stereocenters. The van der Waals surface area contributed by atoms with Crippen LogP contribution in [0.4, 0.5) is 5.69 Å². The Hall–Kier alpha value is -2.38. The van der Waals surface area contributed by atoms with Crippen LogP contribution in [-0.2, 0) is 14.8 Å². The van der Waals surface area contributed by atoms with Crippen molar-refractivity contribution in [3.05, 3.63) is 59.7 Å². The van der Waals surface area contributed by atoms with E-state index < -0.39 is 10.0 Å². The summed E-state index contributed by atoms with van der Waals surface area (Å²) in [7, 11) is 0.0693. The van der Waals surface area contributed by atoms with E-state index in [-0.39, 0.29) is 17.3 Å². The van der Waals surface area contributed by atoms with Crippen molar-refractivity contribution in [1.29, 1.82) is 0 Å². The smallest absolute Gasteiger partial charge is 0.264 e. The van der Waals surface area contributed by atoms with Crippen LogP contribution in [0.3, 0.4) is 0 Å². The van der Waals surface area contributed by atoms with E-state index in [1.165, 1.54) is 4.31 Å². The molecule has 0 radical (unpaired) electrons. The van der Waals surface area contributed by atoms with Crippen LogP contribution in [-0.4, -0.2) is 53.0 Å². The third-order valence-corrected chi connectivity index (χ3v) is 6.34. The van der Waals surface area contributed by atoms with Gasteiger partial charge in [0.05, 0.1) is 10.6 Å². The van der Waals surface area contributed by atoms with Gasteiger partial charge in [-0.1, -0.05) is 30.3 Å². The molecule has 0 bridgehead atoms. The van der Waals surface area contributed by atoms with E-state index in [9.17, 15) is 13.2 Å². The number of aryl methyl sites for hydroxylation is 1. The number of anilines is 1. The number of hydrogen-bond donors (Lipinski definition) is 1. The SMILES string of the molecule is Cc1cccc(N(CC(=O)NCCCN(C)C)S(=O)(=O)c2ccccc2)c1C. The van der Waals surface area contributed by atoms with Gasteiger partial charge in [-0.25, -0.2) is 8.42 Å². The lowest BCUT2D eigenvalue weighted by Crippen LogP contribution is -2.41. The van der Waals surface area contributed by atoms with Gasteiger partial charge in [-0.05, 0) is 70.2 Å². The van der Waals surface area contributed by atoms with E-state index >= 15 is 0 Å². The van der Waals surface area contributed by atoms with E-state index in [0.29, 0.717) is 12.2 Å². The van der Waals surface area contributed by atoms with E-state index in [4.69, 9.17) is 0 Å². The molecule has 7 heteroatoms. The van der Waals surface area contributed by atoms with Crippen molar-refractivity contribution in [2.24, 2.45) is 0 Å². The fourth-order valence-corrected chi connectivity index (χ4v) is 4.33. The minimum absolute atomic E-state index is 0.163. The lowest BCUT2D eigenvalue weighted by atomic mass is 10.1. The molecule has 1 N–H and O–H groups in total. The summed E-state index contributed by atoms with van der Waals surface area (Å²) < 4.78 is 27.8. The highest BCUT2D eigenvalue weighted by Crippen LogP contribution is 2.28. The van der Waals surface area contributed by atoms with Gasteiger partial charge in [0.25, 0.3) is 10.0 Å². The summed E-state index contributed by atoms with van der Waals surface area (Å²) in [5, 5.41) is 2.82. The number of amides is 1. The Bertz CT molecular complexity index is 896. The van der Waals surface area contributed by atoms with Crippen molar-refractivity contribution in [1.82, 2.24) is 10.2 Å². The van der Waals surface area contributed by atoms with Gasteiger partial charge >= 0.3 is 0 Å². The first-order valence-electron chi connectivity index (χ1n) is 9.29. The normalized spacial score (nSPS) is 11.5. The molecule has 0 aliphatic heterocycles. The highest BCUT2D eigenvalue weighted by atomic mass is 32.2. The van der Waals surface area contributed by atoms with Gasteiger partial charge in [-0.3, -0.25) is 9.10 Å². The van der Waals surface area contributed by atoms with Crippen molar-refractivity contribution >= 4 is 21.6 Å². The monoisotopic (exact) mass is 403 g/mol. The minimum atomic E-state index is -3.87. The fraction of sp³-hybridized carbons (Fsp3) is 0.381. The first-order chi connectivity index (χ1) is 13.2. The summed E-state index contributed by atoms with van der Waals surface area (Å²) >= 11 is 0. The summed E-state index contributed by atoms with van der Waals surface area (Å²) in [6.45, 7) is 4.89. The molecule has 2 aromatic rings. The summed E-state index contributed by atoms with van der Waals surface area (Å²) in [5.41, 5.74) is 2.33. The van der Waals surface area contributed by atoms with Crippen molar-refractivity contribution in [3.8, 4) is 0 Å². The lowest BCUT2D eigenvalue weighted by Gasteiger charge is -2.26. The molecule has 2 aromatic carbocycles. The van der Waals surface area contributed by atoms with Crippen LogP contribution < -0.4 is 9.62 Å². The molecule has 0 fully saturated rings. The first kappa shape index (κ1) is 21.9. The zero-order valence-electron chi connectivity index (χ0n) is 17.0. The van der Waals surface area contributed by atoms with Crippen molar-refractivity contribution in [2.75, 3.05) is 38.0 Å². The molecule has 28 heavy (non-hydrogen) atoms. The van der Waals surface area contributed by atoms with E-state index in [0.717, 1.165) is 24.1 Å². The average Bonchev–Trinajstić information content (AvgIpc) is 2.66. The van der Waals surface area contributed by atoms with Crippen LogP contribution in [0.5, 0.6) is 0 Å². The molecular formula is C21H29N3O3S. The Balaban J connectivity index is 2.30. The zero-order chi connectivity index (χ0) is 20.7. The third kappa shape index (κ3) is 5.56. The number of hydrogen-bond acceptors (Lipinski definition) is 4. The van der Waals surface area contributed by atoms with Gasteiger partial charge in [-0.15, -0.1) is 0 Å². The van der Waals surface area contributed by atoms with Crippen LogP contribution in [0.2, 0.25) is 0 Å². The molecule has 0 aliphatic rings. The summed E-state index contributed by atoms with van der Waals surface area (Å²) in [5.74, 6) is -0.320. The quantitative estimate of drug-likeness (QED) is 0.654. The molecule has 6 nitrogen and oxygen atoms in total. The second-order valence-electron chi connectivity index (χ2n) is 7.05. The summed E-state index contributed by atoms with van der Waals surface area (Å²) in [4.78, 5) is 14.7. The Kier molecular flexibility index (Phi) is 7.60. The lowest BCUT2D eigenvalue weighted by molar-refractivity contribution is -0.119. The molecule has 1 amide bonds. The van der Waals surface area contributed by atoms with Gasteiger partial charge in [0.1, 0.15) is 6.54 Å². The summed E-state index contributed by atoms with van der Waals surface area (Å²) in [6.07, 6.45) is 0.799. The topological polar surface area (TPSA) is 69.7 Å². The van der Waals surface area contributed by atoms with Crippen LogP contribution in [0.15, 0.2) is 53.4 Å². The number of rotatable bonds is 9. The van der Waals surface area contributed by atoms with Gasteiger partial charge in [0.2, 0.25) is 5.91 Å². The second-order valence-corrected chi connectivity index (χ2v) is 8.91. The van der Waals surface area contributed by atoms with Crippen LogP contribution in [0.25, 0.3) is 0 Å². The largest absolute Gasteiger partial charge is 0.354 e. The number of nitrogens with zero attached hydrogens (tertiary/aromatic N) is 2. The minimum Gasteiger partial charge on any atom is -0.354 e. The van der Waals surface area contributed by atoms with Crippen LogP contribution in [0, 0.1) is 13.8 Å². The molecule has 0 saturated carbocycles. The molecular weight excluding hydrogens is 374 g/mol. The van der Waals surface area contributed by atoms with Gasteiger partial charge < -0.3 is 10.2 Å². The van der Waals surface area contributed by atoms with Crippen LogP contribution in [0.1, 0.15) is 17.5 Å². The number of nitrogens with one attached hydrogen (secondary N) is 1. The van der Waals surface area contributed by atoms with Gasteiger partial charge in [0, 0.05) is 6.54 Å². The molecule has 0 heterocycles. The van der Waals surface area contributed by atoms with E-state index in [2.05, 4.69) is 5.32 Å². The fourth-order valence-electron chi connectivity index (χ4n) is 2.83. The average molecular weight is 404 g/mol. The highest BCUT2D eigenvalue weighted by molar-refractivity contribution is 7.92. The maximum atomic E-state index is 13.3. The molecule has 0 aliphatic carbocycles. The van der Waals surface area contributed by atoms with Crippen molar-refractivity contribution in [2.45, 2.75) is 25.2 Å². The van der Waals surface area contributed by atoms with Crippen molar-refractivity contribution in [3.63, 3.8) is 0 Å². The first-order valence-corrected chi connectivity index (χ1v) is 10.7. The number of carbonyl (C=O) groups excluding carboxylic acids is 1. The van der Waals surface area contributed by atoms with Crippen molar-refractivity contribution < 1.29 is 13.2 Å². The molecule has 0 unspecified atom stereocenters.